The van der Waals surface area contributed by atoms with Crippen LogP contribution in [0.1, 0.15) is 63.9 Å². The summed E-state index contributed by atoms with van der Waals surface area (Å²) in [6, 6.07) is 11.4. The molecule has 1 fully saturated rings. The third-order valence-corrected chi connectivity index (χ3v) is 7.49. The van der Waals surface area contributed by atoms with Crippen molar-refractivity contribution in [1.29, 1.82) is 0 Å². The van der Waals surface area contributed by atoms with Gasteiger partial charge in [0.2, 0.25) is 0 Å². The highest BCUT2D eigenvalue weighted by molar-refractivity contribution is 6.03. The maximum absolute atomic E-state index is 13.1. The predicted molar refractivity (Wildman–Crippen MR) is 139 cm³/mol. The Labute approximate surface area is 217 Å². The smallest absolute Gasteiger partial charge is 0.303 e. The van der Waals surface area contributed by atoms with Gasteiger partial charge in [0.05, 0.1) is 14.2 Å². The molecule has 1 aliphatic carbocycles. The third-order valence-electron chi connectivity index (χ3n) is 7.49. The molecule has 8 nitrogen and oxygen atoms in total. The minimum absolute atomic E-state index is 0.0223. The number of carboxylic acid groups (broad SMARTS) is 1. The molecule has 1 unspecified atom stereocenters. The summed E-state index contributed by atoms with van der Waals surface area (Å²) in [6.45, 7) is 3.05. The van der Waals surface area contributed by atoms with E-state index in [1.54, 1.807) is 20.3 Å². The number of likely N-dealkylation sites (tertiary alicyclic amines) is 1. The molecule has 1 saturated heterocycles. The molecule has 0 aromatic heterocycles. The van der Waals surface area contributed by atoms with Crippen LogP contribution in [0.15, 0.2) is 36.4 Å². The quantitative estimate of drug-likeness (QED) is 0.443. The molecule has 1 amide bonds. The molecular formula is C29H36N2O6. The number of amides is 1. The number of nitrogens with zero attached hydrogens (tertiary/aromatic N) is 1. The lowest BCUT2D eigenvalue weighted by atomic mass is 9.85. The number of rotatable bonds is 11. The topological polar surface area (TPSA) is 105 Å². The van der Waals surface area contributed by atoms with Crippen molar-refractivity contribution in [3.05, 3.63) is 58.7 Å². The molecule has 1 atom stereocenters. The third kappa shape index (κ3) is 6.68. The highest BCUT2D eigenvalue weighted by atomic mass is 16.5. The van der Waals surface area contributed by atoms with Gasteiger partial charge in [-0.25, -0.2) is 0 Å². The fraction of sp³-hybridized carbons (Fsp3) is 0.483. The molecule has 2 N–H and O–H groups in total. The van der Waals surface area contributed by atoms with E-state index in [0.717, 1.165) is 62.0 Å². The standard InChI is InChI=1S/C29H36N2O6/c1-36-25-16-22-15-23(28(34)24(22)17-26(25)37-2)13-19-8-11-31(12-9-19)18-20-5-3-6-21(14-20)29(35)30-10-4-7-27(32)33/h3,5-6,14,16-17,19,23H,4,7-13,15,18H2,1-2H3,(H,30,35)(H,32,33). The number of benzene rings is 2. The van der Waals surface area contributed by atoms with E-state index >= 15 is 0 Å². The maximum atomic E-state index is 13.1. The molecule has 0 bridgehead atoms. The van der Waals surface area contributed by atoms with Crippen LogP contribution < -0.4 is 14.8 Å². The summed E-state index contributed by atoms with van der Waals surface area (Å²) in [5.74, 6) is 0.993. The van der Waals surface area contributed by atoms with Crippen LogP contribution in [0.5, 0.6) is 11.5 Å². The summed E-state index contributed by atoms with van der Waals surface area (Å²) < 4.78 is 10.8. The average Bonchev–Trinajstić information content (AvgIpc) is 3.20. The predicted octanol–water partition coefficient (Wildman–Crippen LogP) is 3.96. The van der Waals surface area contributed by atoms with E-state index in [1.165, 1.54) is 0 Å². The minimum atomic E-state index is -0.860. The minimum Gasteiger partial charge on any atom is -0.493 e. The van der Waals surface area contributed by atoms with E-state index in [2.05, 4.69) is 10.2 Å². The van der Waals surface area contributed by atoms with Crippen molar-refractivity contribution in [1.82, 2.24) is 10.2 Å². The van der Waals surface area contributed by atoms with Crippen molar-refractivity contribution in [3.63, 3.8) is 0 Å². The molecule has 1 heterocycles. The first-order valence-electron chi connectivity index (χ1n) is 13.0. The van der Waals surface area contributed by atoms with Crippen LogP contribution in [0, 0.1) is 11.8 Å². The molecule has 0 radical (unpaired) electrons. The van der Waals surface area contributed by atoms with Crippen LogP contribution in [-0.2, 0) is 17.8 Å². The van der Waals surface area contributed by atoms with Crippen molar-refractivity contribution in [3.8, 4) is 11.5 Å². The van der Waals surface area contributed by atoms with Crippen molar-refractivity contribution >= 4 is 17.7 Å². The lowest BCUT2D eigenvalue weighted by Gasteiger charge is -2.33. The Balaban J connectivity index is 1.25. The number of fused-ring (bicyclic) bond motifs is 1. The largest absolute Gasteiger partial charge is 0.493 e. The second-order valence-corrected chi connectivity index (χ2v) is 10.0. The second-order valence-electron chi connectivity index (χ2n) is 10.0. The van der Waals surface area contributed by atoms with E-state index in [9.17, 15) is 14.4 Å². The lowest BCUT2D eigenvalue weighted by molar-refractivity contribution is -0.137. The SMILES string of the molecule is COc1cc2c(cc1OC)C(=O)C(CC1CCN(Cc3cccc(C(=O)NCCCC(=O)O)c3)CC1)C2. The highest BCUT2D eigenvalue weighted by Gasteiger charge is 2.34. The number of Topliss-reactive ketones (excluding diaryl/α,β-unsaturated/α-hetero) is 1. The zero-order valence-electron chi connectivity index (χ0n) is 21.6. The summed E-state index contributed by atoms with van der Waals surface area (Å²) in [7, 11) is 3.20. The van der Waals surface area contributed by atoms with Gasteiger partial charge in [0.15, 0.2) is 17.3 Å². The van der Waals surface area contributed by atoms with E-state index < -0.39 is 5.97 Å². The van der Waals surface area contributed by atoms with Crippen LogP contribution in [-0.4, -0.2) is 61.5 Å². The van der Waals surface area contributed by atoms with Gasteiger partial charge in [-0.2, -0.15) is 0 Å². The molecule has 1 aliphatic heterocycles. The van der Waals surface area contributed by atoms with Gasteiger partial charge in [0, 0.05) is 36.6 Å². The monoisotopic (exact) mass is 508 g/mol. The molecule has 0 spiro atoms. The normalized spacial score (nSPS) is 17.9. The van der Waals surface area contributed by atoms with Gasteiger partial charge in [-0.05, 0) is 86.5 Å². The number of hydrogen-bond acceptors (Lipinski definition) is 6. The van der Waals surface area contributed by atoms with E-state index in [0.29, 0.717) is 35.9 Å². The zero-order chi connectivity index (χ0) is 26.4. The Morgan fingerprint density at radius 1 is 1.08 bits per heavy atom. The Morgan fingerprint density at radius 3 is 2.51 bits per heavy atom. The number of methoxy groups -OCH3 is 2. The summed E-state index contributed by atoms with van der Waals surface area (Å²) in [5.41, 5.74) is 3.50. The first kappa shape index (κ1) is 26.7. The fourth-order valence-corrected chi connectivity index (χ4v) is 5.48. The number of aliphatic carboxylic acids is 1. The number of carbonyl (C=O) groups is 3. The average molecular weight is 509 g/mol. The Bertz CT molecular complexity index is 1140. The van der Waals surface area contributed by atoms with Gasteiger partial charge in [-0.3, -0.25) is 19.3 Å². The number of ketones is 1. The molecule has 2 aromatic rings. The van der Waals surface area contributed by atoms with E-state index in [-0.39, 0.29) is 24.0 Å². The molecule has 2 aromatic carbocycles. The van der Waals surface area contributed by atoms with Gasteiger partial charge in [0.1, 0.15) is 0 Å². The van der Waals surface area contributed by atoms with Crippen molar-refractivity contribution in [2.75, 3.05) is 33.9 Å². The first-order valence-corrected chi connectivity index (χ1v) is 13.0. The summed E-state index contributed by atoms with van der Waals surface area (Å²) in [5, 5.41) is 11.5. The molecule has 8 heteroatoms. The molecule has 4 rings (SSSR count). The lowest BCUT2D eigenvalue weighted by Crippen LogP contribution is -2.34. The van der Waals surface area contributed by atoms with Gasteiger partial charge < -0.3 is 19.9 Å². The fourth-order valence-electron chi connectivity index (χ4n) is 5.48. The van der Waals surface area contributed by atoms with Crippen LogP contribution in [0.4, 0.5) is 0 Å². The first-order chi connectivity index (χ1) is 17.9. The molecule has 2 aliphatic rings. The Hall–Kier alpha value is -3.39. The number of hydrogen-bond donors (Lipinski definition) is 2. The van der Waals surface area contributed by atoms with Crippen LogP contribution in [0.3, 0.4) is 0 Å². The van der Waals surface area contributed by atoms with Crippen molar-refractivity contribution in [2.24, 2.45) is 11.8 Å². The molecule has 37 heavy (non-hydrogen) atoms. The van der Waals surface area contributed by atoms with Gasteiger partial charge in [-0.15, -0.1) is 0 Å². The Morgan fingerprint density at radius 2 is 1.81 bits per heavy atom. The van der Waals surface area contributed by atoms with Gasteiger partial charge in [0.25, 0.3) is 5.91 Å². The second kappa shape index (κ2) is 12.2. The Kier molecular flexibility index (Phi) is 8.82. The van der Waals surface area contributed by atoms with Gasteiger partial charge >= 0.3 is 5.97 Å². The van der Waals surface area contributed by atoms with Crippen LogP contribution in [0.25, 0.3) is 0 Å². The number of carboxylic acids is 1. The number of nitrogens with one attached hydrogen (secondary N) is 1. The molecule has 198 valence electrons. The number of ether oxygens (including phenoxy) is 2. The summed E-state index contributed by atoms with van der Waals surface area (Å²) in [6.07, 6.45) is 4.23. The van der Waals surface area contributed by atoms with E-state index in [1.807, 2.05) is 30.3 Å². The van der Waals surface area contributed by atoms with Gasteiger partial charge in [-0.1, -0.05) is 12.1 Å². The number of carbonyl (C=O) groups excluding carboxylic acids is 2. The summed E-state index contributed by atoms with van der Waals surface area (Å²) >= 11 is 0. The molecule has 0 saturated carbocycles. The number of piperidine rings is 1. The van der Waals surface area contributed by atoms with Crippen LogP contribution in [0.2, 0.25) is 0 Å². The highest BCUT2D eigenvalue weighted by Crippen LogP contribution is 2.39. The van der Waals surface area contributed by atoms with Crippen molar-refractivity contribution in [2.45, 2.75) is 45.1 Å². The summed E-state index contributed by atoms with van der Waals surface area (Å²) in [4.78, 5) is 38.5. The van der Waals surface area contributed by atoms with E-state index in [4.69, 9.17) is 14.6 Å². The van der Waals surface area contributed by atoms with Crippen molar-refractivity contribution < 1.29 is 29.0 Å². The maximum Gasteiger partial charge on any atom is 0.303 e. The molecular weight excluding hydrogens is 472 g/mol. The van der Waals surface area contributed by atoms with Crippen LogP contribution >= 0.6 is 0 Å². The zero-order valence-corrected chi connectivity index (χ0v) is 21.6.